The average molecular weight is 302 g/mol. The summed E-state index contributed by atoms with van der Waals surface area (Å²) in [5.74, 6) is -0.643. The Bertz CT molecular complexity index is 551. The average Bonchev–Trinajstić information content (AvgIpc) is 2.57. The summed E-state index contributed by atoms with van der Waals surface area (Å²) < 4.78 is 11.1. The van der Waals surface area contributed by atoms with E-state index in [0.29, 0.717) is 0 Å². The number of nitrogens with one attached hydrogen (secondary N) is 2. The Morgan fingerprint density at radius 2 is 1.55 bits per heavy atom. The quantitative estimate of drug-likeness (QED) is 0.509. The van der Waals surface area contributed by atoms with Crippen LogP contribution in [0.3, 0.4) is 0 Å². The number of benzene rings is 1. The molecule has 6 heteroatoms. The smallest absolute Gasteiger partial charge is 0.231 e. The lowest BCUT2D eigenvalue weighted by molar-refractivity contribution is -0.159. The SMILES string of the molecule is COC1(OC)CC=CC=C1c1ccccc1.N=C=O.N=C=O. The van der Waals surface area contributed by atoms with Gasteiger partial charge in [-0.05, 0) is 5.56 Å². The fourth-order valence-electron chi connectivity index (χ4n) is 2.03. The van der Waals surface area contributed by atoms with Gasteiger partial charge in [-0.15, -0.1) is 0 Å². The van der Waals surface area contributed by atoms with Crippen LogP contribution in [-0.2, 0) is 19.1 Å². The van der Waals surface area contributed by atoms with Gasteiger partial charge in [0.2, 0.25) is 12.2 Å². The van der Waals surface area contributed by atoms with E-state index >= 15 is 0 Å². The lowest BCUT2D eigenvalue weighted by atomic mass is 9.91. The predicted octanol–water partition coefficient (Wildman–Crippen LogP) is 2.82. The van der Waals surface area contributed by atoms with Crippen molar-refractivity contribution in [3.63, 3.8) is 0 Å². The molecule has 0 aliphatic heterocycles. The zero-order valence-electron chi connectivity index (χ0n) is 12.5. The van der Waals surface area contributed by atoms with Gasteiger partial charge in [-0.3, -0.25) is 0 Å². The Morgan fingerprint density at radius 3 is 2.00 bits per heavy atom. The van der Waals surface area contributed by atoms with Crippen molar-refractivity contribution in [2.45, 2.75) is 12.2 Å². The second kappa shape index (κ2) is 11.1. The van der Waals surface area contributed by atoms with Gasteiger partial charge in [-0.1, -0.05) is 48.6 Å². The van der Waals surface area contributed by atoms with Crippen molar-refractivity contribution in [2.24, 2.45) is 0 Å². The summed E-state index contributed by atoms with van der Waals surface area (Å²) in [6.45, 7) is 0. The second-order valence-corrected chi connectivity index (χ2v) is 3.94. The number of carbonyl (C=O) groups excluding carboxylic acids is 2. The summed E-state index contributed by atoms with van der Waals surface area (Å²) in [7, 11) is 3.36. The molecule has 0 heterocycles. The van der Waals surface area contributed by atoms with Crippen LogP contribution in [0.2, 0.25) is 0 Å². The van der Waals surface area contributed by atoms with Gasteiger partial charge in [0, 0.05) is 26.2 Å². The normalized spacial score (nSPS) is 14.0. The molecule has 1 aliphatic carbocycles. The van der Waals surface area contributed by atoms with E-state index in [4.69, 9.17) is 29.9 Å². The van der Waals surface area contributed by atoms with Crippen LogP contribution < -0.4 is 0 Å². The van der Waals surface area contributed by atoms with E-state index in [2.05, 4.69) is 18.2 Å². The molecule has 116 valence electrons. The number of methoxy groups -OCH3 is 2. The molecule has 1 aromatic rings. The Labute approximate surface area is 129 Å². The van der Waals surface area contributed by atoms with E-state index in [1.165, 1.54) is 0 Å². The maximum absolute atomic E-state index is 8.35. The fraction of sp³-hybridized carbons (Fsp3) is 0.250. The molecule has 0 bridgehead atoms. The van der Waals surface area contributed by atoms with E-state index < -0.39 is 5.79 Å². The summed E-state index contributed by atoms with van der Waals surface area (Å²) in [5, 5.41) is 10.8. The number of allylic oxidation sites excluding steroid dienone is 2. The molecule has 0 amide bonds. The van der Waals surface area contributed by atoms with Crippen molar-refractivity contribution in [1.82, 2.24) is 0 Å². The van der Waals surface area contributed by atoms with Crippen LogP contribution in [0.4, 0.5) is 0 Å². The summed E-state index contributed by atoms with van der Waals surface area (Å²) >= 11 is 0. The molecule has 0 saturated carbocycles. The molecular weight excluding hydrogens is 284 g/mol. The van der Waals surface area contributed by atoms with E-state index in [9.17, 15) is 0 Å². The first-order valence-electron chi connectivity index (χ1n) is 6.26. The van der Waals surface area contributed by atoms with Gasteiger partial charge in [0.15, 0.2) is 5.79 Å². The summed E-state index contributed by atoms with van der Waals surface area (Å²) in [6, 6.07) is 10.2. The van der Waals surface area contributed by atoms with Crippen LogP contribution in [0.25, 0.3) is 5.57 Å². The van der Waals surface area contributed by atoms with Gasteiger partial charge in [0.1, 0.15) is 0 Å². The molecule has 0 spiro atoms. The molecule has 2 N–H and O–H groups in total. The van der Waals surface area contributed by atoms with Gasteiger partial charge < -0.3 is 9.47 Å². The number of rotatable bonds is 3. The highest BCUT2D eigenvalue weighted by atomic mass is 16.7. The van der Waals surface area contributed by atoms with E-state index in [1.54, 1.807) is 14.2 Å². The Hall–Kier alpha value is -2.62. The number of hydrogen-bond acceptors (Lipinski definition) is 6. The minimum atomic E-state index is -0.643. The minimum absolute atomic E-state index is 0.643. The first-order chi connectivity index (χ1) is 10.7. The van der Waals surface area contributed by atoms with Gasteiger partial charge in [-0.2, -0.15) is 0 Å². The van der Waals surface area contributed by atoms with Crippen LogP contribution in [-0.4, -0.2) is 32.2 Å². The lowest BCUT2D eigenvalue weighted by Crippen LogP contribution is -2.35. The molecule has 22 heavy (non-hydrogen) atoms. The van der Waals surface area contributed by atoms with Crippen LogP contribution in [0, 0.1) is 10.8 Å². The third-order valence-electron chi connectivity index (χ3n) is 2.94. The molecule has 6 nitrogen and oxygen atoms in total. The zero-order valence-corrected chi connectivity index (χ0v) is 12.5. The van der Waals surface area contributed by atoms with Crippen molar-refractivity contribution < 1.29 is 19.1 Å². The van der Waals surface area contributed by atoms with Crippen molar-refractivity contribution in [3.05, 3.63) is 54.1 Å². The van der Waals surface area contributed by atoms with E-state index in [-0.39, 0.29) is 0 Å². The van der Waals surface area contributed by atoms with Crippen LogP contribution in [0.15, 0.2) is 48.6 Å². The van der Waals surface area contributed by atoms with Gasteiger partial charge in [0.25, 0.3) is 0 Å². The summed E-state index contributed by atoms with van der Waals surface area (Å²) in [6.07, 6.45) is 8.38. The predicted molar refractivity (Wildman–Crippen MR) is 81.8 cm³/mol. The van der Waals surface area contributed by atoms with Crippen LogP contribution >= 0.6 is 0 Å². The summed E-state index contributed by atoms with van der Waals surface area (Å²) in [5.41, 5.74) is 2.20. The Balaban J connectivity index is 0.000000639. The van der Waals surface area contributed by atoms with Crippen molar-refractivity contribution in [3.8, 4) is 0 Å². The monoisotopic (exact) mass is 302 g/mol. The van der Waals surface area contributed by atoms with Gasteiger partial charge in [-0.25, -0.2) is 20.4 Å². The lowest BCUT2D eigenvalue weighted by Gasteiger charge is -2.34. The fourth-order valence-corrected chi connectivity index (χ4v) is 2.03. The van der Waals surface area contributed by atoms with Crippen LogP contribution in [0.5, 0.6) is 0 Å². The van der Waals surface area contributed by atoms with Crippen molar-refractivity contribution >= 4 is 17.7 Å². The van der Waals surface area contributed by atoms with E-state index in [1.807, 2.05) is 30.4 Å². The molecule has 0 saturated heterocycles. The molecule has 2 rings (SSSR count). The van der Waals surface area contributed by atoms with E-state index in [0.717, 1.165) is 29.7 Å². The number of hydrogen-bond donors (Lipinski definition) is 2. The van der Waals surface area contributed by atoms with Crippen molar-refractivity contribution in [2.75, 3.05) is 14.2 Å². The molecule has 0 aromatic heterocycles. The maximum atomic E-state index is 8.35. The highest BCUT2D eigenvalue weighted by molar-refractivity contribution is 5.73. The Morgan fingerprint density at radius 1 is 1.05 bits per heavy atom. The highest BCUT2D eigenvalue weighted by Gasteiger charge is 2.35. The van der Waals surface area contributed by atoms with Gasteiger partial charge >= 0.3 is 0 Å². The summed E-state index contributed by atoms with van der Waals surface area (Å²) in [4.78, 5) is 16.7. The minimum Gasteiger partial charge on any atom is -0.349 e. The molecular formula is C16H18N2O4. The largest absolute Gasteiger partial charge is 0.349 e. The second-order valence-electron chi connectivity index (χ2n) is 3.94. The Kier molecular flexibility index (Phi) is 9.76. The van der Waals surface area contributed by atoms with Gasteiger partial charge in [0.05, 0.1) is 0 Å². The first kappa shape index (κ1) is 19.4. The first-order valence-corrected chi connectivity index (χ1v) is 6.26. The topological polar surface area (TPSA) is 100 Å². The number of isocyanates is 2. The molecule has 0 fully saturated rings. The molecule has 1 aliphatic rings. The third kappa shape index (κ3) is 5.40. The molecule has 0 radical (unpaired) electrons. The molecule has 1 aromatic carbocycles. The van der Waals surface area contributed by atoms with Crippen LogP contribution in [0.1, 0.15) is 12.0 Å². The number of ether oxygens (including phenoxy) is 2. The highest BCUT2D eigenvalue weighted by Crippen LogP contribution is 2.36. The standard InChI is InChI=1S/C14H16O2.2CHNO/c1-15-14(16-2)11-7-6-10-13(14)12-8-4-3-5-9-12;2*2-1-3/h3-10H,11H2,1-2H3;2*2H. The van der Waals surface area contributed by atoms with Crippen molar-refractivity contribution in [1.29, 1.82) is 10.8 Å². The molecule has 0 atom stereocenters. The molecule has 0 unspecified atom stereocenters. The maximum Gasteiger partial charge on any atom is 0.231 e. The third-order valence-corrected chi connectivity index (χ3v) is 2.94. The zero-order chi connectivity index (χ0) is 16.8.